The molecular weight excluding hydrogens is 432 g/mol. The van der Waals surface area contributed by atoms with Crippen LogP contribution >= 0.6 is 11.6 Å². The van der Waals surface area contributed by atoms with Crippen molar-refractivity contribution >= 4 is 35.2 Å². The fourth-order valence-electron chi connectivity index (χ4n) is 2.72. The van der Waals surface area contributed by atoms with E-state index >= 15 is 0 Å². The third-order valence-corrected chi connectivity index (χ3v) is 4.61. The Kier molecular flexibility index (Phi) is 9.40. The van der Waals surface area contributed by atoms with Crippen LogP contribution in [-0.4, -0.2) is 51.1 Å². The van der Waals surface area contributed by atoms with E-state index in [-0.39, 0.29) is 18.4 Å². The molecule has 8 heteroatoms. The highest BCUT2D eigenvalue weighted by atomic mass is 35.5. The highest BCUT2D eigenvalue weighted by Gasteiger charge is 2.13. The molecule has 2 aromatic rings. The molecule has 0 aliphatic carbocycles. The number of methoxy groups -OCH3 is 2. The molecule has 2 rings (SSSR count). The van der Waals surface area contributed by atoms with Crippen molar-refractivity contribution in [3.63, 3.8) is 0 Å². The first-order valence-electron chi connectivity index (χ1n) is 10.1. The molecule has 172 valence electrons. The maximum absolute atomic E-state index is 12.4. The van der Waals surface area contributed by atoms with E-state index in [1.165, 1.54) is 18.1 Å². The van der Waals surface area contributed by atoms with Gasteiger partial charge in [0.2, 0.25) is 11.8 Å². The Morgan fingerprint density at radius 2 is 1.75 bits per heavy atom. The molecule has 0 saturated carbocycles. The van der Waals surface area contributed by atoms with Gasteiger partial charge in [-0.3, -0.25) is 9.59 Å². The highest BCUT2D eigenvalue weighted by molar-refractivity contribution is 6.31. The number of ether oxygens (including phenoxy) is 3. The third kappa shape index (κ3) is 7.50. The lowest BCUT2D eigenvalue weighted by atomic mass is 10.2. The van der Waals surface area contributed by atoms with Crippen LogP contribution in [0.5, 0.6) is 17.2 Å². The summed E-state index contributed by atoms with van der Waals surface area (Å²) in [5.41, 5.74) is 1.21. The molecule has 0 bridgehead atoms. The summed E-state index contributed by atoms with van der Waals surface area (Å²) in [4.78, 5) is 26.1. The van der Waals surface area contributed by atoms with Gasteiger partial charge in [-0.1, -0.05) is 31.5 Å². The molecule has 0 saturated heterocycles. The third-order valence-electron chi connectivity index (χ3n) is 4.37. The van der Waals surface area contributed by atoms with E-state index in [4.69, 9.17) is 25.8 Å². The van der Waals surface area contributed by atoms with Crippen LogP contribution in [-0.2, 0) is 9.59 Å². The first-order chi connectivity index (χ1) is 15.2. The van der Waals surface area contributed by atoms with E-state index in [0.29, 0.717) is 40.5 Å². The molecule has 32 heavy (non-hydrogen) atoms. The van der Waals surface area contributed by atoms with Gasteiger partial charge in [-0.2, -0.15) is 0 Å². The summed E-state index contributed by atoms with van der Waals surface area (Å²) in [6.45, 7) is 4.58. The number of rotatable bonds is 10. The van der Waals surface area contributed by atoms with E-state index < -0.39 is 0 Å². The second kappa shape index (κ2) is 12.0. The zero-order chi connectivity index (χ0) is 23.7. The summed E-state index contributed by atoms with van der Waals surface area (Å²) >= 11 is 5.98. The minimum atomic E-state index is -0.372. The summed E-state index contributed by atoms with van der Waals surface area (Å²) in [6, 6.07) is 10.3. The second-order valence-corrected chi connectivity index (χ2v) is 7.97. The molecule has 2 aromatic carbocycles. The number of carbonyl (C=O) groups is 2. The van der Waals surface area contributed by atoms with Crippen molar-refractivity contribution in [1.82, 2.24) is 4.90 Å². The first-order valence-corrected chi connectivity index (χ1v) is 10.5. The van der Waals surface area contributed by atoms with E-state index in [2.05, 4.69) is 19.2 Å². The smallest absolute Gasteiger partial charge is 0.246 e. The quantitative estimate of drug-likeness (QED) is 0.528. The Balaban J connectivity index is 1.98. The molecule has 7 nitrogen and oxygen atoms in total. The molecule has 0 aliphatic heterocycles. The highest BCUT2D eigenvalue weighted by Crippen LogP contribution is 2.29. The van der Waals surface area contributed by atoms with Crippen LogP contribution in [0.3, 0.4) is 0 Å². The van der Waals surface area contributed by atoms with Crippen LogP contribution in [0.25, 0.3) is 6.08 Å². The summed E-state index contributed by atoms with van der Waals surface area (Å²) in [5.74, 6) is 1.41. The van der Waals surface area contributed by atoms with Crippen LogP contribution in [0.1, 0.15) is 19.4 Å². The maximum atomic E-state index is 12.4. The normalized spacial score (nSPS) is 10.8. The fraction of sp³-hybridized carbons (Fsp3) is 0.333. The minimum absolute atomic E-state index is 0.135. The molecule has 2 amide bonds. The van der Waals surface area contributed by atoms with Gasteiger partial charge in [-0.25, -0.2) is 0 Å². The van der Waals surface area contributed by atoms with Crippen LogP contribution < -0.4 is 19.5 Å². The maximum Gasteiger partial charge on any atom is 0.246 e. The number of halogens is 1. The molecule has 0 unspecified atom stereocenters. The lowest BCUT2D eigenvalue weighted by Gasteiger charge is -2.16. The Hall–Kier alpha value is -3.19. The van der Waals surface area contributed by atoms with Crippen molar-refractivity contribution in [3.05, 3.63) is 53.1 Å². The summed E-state index contributed by atoms with van der Waals surface area (Å²) in [6.07, 6.45) is 3.06. The largest absolute Gasteiger partial charge is 0.495 e. The molecule has 0 fully saturated rings. The van der Waals surface area contributed by atoms with E-state index in [1.807, 2.05) is 6.07 Å². The zero-order valence-electron chi connectivity index (χ0n) is 19.0. The van der Waals surface area contributed by atoms with E-state index in [0.717, 1.165) is 5.56 Å². The monoisotopic (exact) mass is 460 g/mol. The number of nitrogens with one attached hydrogen (secondary N) is 1. The number of hydrogen-bond donors (Lipinski definition) is 1. The molecule has 0 heterocycles. The fourth-order valence-corrected chi connectivity index (χ4v) is 2.89. The van der Waals surface area contributed by atoms with Crippen molar-refractivity contribution in [3.8, 4) is 17.2 Å². The molecule has 0 aromatic heterocycles. The second-order valence-electron chi connectivity index (χ2n) is 7.54. The van der Waals surface area contributed by atoms with Gasteiger partial charge in [-0.15, -0.1) is 0 Å². The molecular formula is C24H29ClN2O5. The predicted octanol–water partition coefficient (Wildman–Crippen LogP) is 4.50. The first kappa shape index (κ1) is 25.1. The van der Waals surface area contributed by atoms with Gasteiger partial charge >= 0.3 is 0 Å². The number of anilines is 1. The topological polar surface area (TPSA) is 77.1 Å². The van der Waals surface area contributed by atoms with Gasteiger partial charge < -0.3 is 24.4 Å². The van der Waals surface area contributed by atoms with Crippen LogP contribution in [0.2, 0.25) is 5.02 Å². The van der Waals surface area contributed by atoms with Gasteiger partial charge in [0, 0.05) is 18.1 Å². The van der Waals surface area contributed by atoms with Gasteiger partial charge in [0.25, 0.3) is 0 Å². The lowest BCUT2D eigenvalue weighted by Crippen LogP contribution is -2.33. The van der Waals surface area contributed by atoms with Crippen molar-refractivity contribution < 1.29 is 23.8 Å². The lowest BCUT2D eigenvalue weighted by molar-refractivity contribution is -0.129. The van der Waals surface area contributed by atoms with Crippen molar-refractivity contribution in [1.29, 1.82) is 0 Å². The van der Waals surface area contributed by atoms with Gasteiger partial charge in [0.1, 0.15) is 5.75 Å². The van der Waals surface area contributed by atoms with Gasteiger partial charge in [0.05, 0.1) is 33.1 Å². The average molecular weight is 461 g/mol. The average Bonchev–Trinajstić information content (AvgIpc) is 2.76. The number of benzene rings is 2. The molecule has 0 radical (unpaired) electrons. The Bertz CT molecular complexity index is 975. The standard InChI is InChI=1S/C24H29ClN2O5/c1-16(2)15-32-21-9-6-17(12-22(21)31-5)7-11-24(29)27(3)14-23(28)26-19-13-18(25)8-10-20(19)30-4/h6-13,16H,14-15H2,1-5H3,(H,26,28)/b11-7+. The van der Waals surface area contributed by atoms with Gasteiger partial charge in [0.15, 0.2) is 11.5 Å². The zero-order valence-corrected chi connectivity index (χ0v) is 19.7. The molecule has 0 atom stereocenters. The number of nitrogens with zero attached hydrogens (tertiary/aromatic N) is 1. The SMILES string of the molecule is COc1ccc(Cl)cc1NC(=O)CN(C)C(=O)/C=C/c1ccc(OCC(C)C)c(OC)c1. The Labute approximate surface area is 193 Å². The summed E-state index contributed by atoms with van der Waals surface area (Å²) in [5, 5.41) is 3.17. The Morgan fingerprint density at radius 3 is 2.41 bits per heavy atom. The predicted molar refractivity (Wildman–Crippen MR) is 127 cm³/mol. The van der Waals surface area contributed by atoms with Crippen LogP contribution in [0, 0.1) is 5.92 Å². The summed E-state index contributed by atoms with van der Waals surface area (Å²) < 4.78 is 16.3. The summed E-state index contributed by atoms with van der Waals surface area (Å²) in [7, 11) is 4.61. The van der Waals surface area contributed by atoms with E-state index in [9.17, 15) is 9.59 Å². The minimum Gasteiger partial charge on any atom is -0.495 e. The number of amides is 2. The number of hydrogen-bond acceptors (Lipinski definition) is 5. The molecule has 1 N–H and O–H groups in total. The van der Waals surface area contributed by atoms with Crippen molar-refractivity contribution in [2.24, 2.45) is 5.92 Å². The van der Waals surface area contributed by atoms with Crippen LogP contribution in [0.15, 0.2) is 42.5 Å². The van der Waals surface area contributed by atoms with Gasteiger partial charge in [-0.05, 0) is 47.9 Å². The van der Waals surface area contributed by atoms with Crippen LogP contribution in [0.4, 0.5) is 5.69 Å². The van der Waals surface area contributed by atoms with Crippen molar-refractivity contribution in [2.45, 2.75) is 13.8 Å². The number of likely N-dealkylation sites (N-methyl/N-ethyl adjacent to an activating group) is 1. The van der Waals surface area contributed by atoms with E-state index in [1.54, 1.807) is 50.6 Å². The number of carbonyl (C=O) groups excluding carboxylic acids is 2. The molecule has 0 spiro atoms. The Morgan fingerprint density at radius 1 is 1.06 bits per heavy atom. The van der Waals surface area contributed by atoms with Crippen molar-refractivity contribution in [2.75, 3.05) is 39.7 Å². The molecule has 0 aliphatic rings.